The van der Waals surface area contributed by atoms with Gasteiger partial charge in [-0.25, -0.2) is 4.98 Å². The van der Waals surface area contributed by atoms with Gasteiger partial charge in [0.15, 0.2) is 5.65 Å². The van der Waals surface area contributed by atoms with E-state index in [4.69, 9.17) is 0 Å². The van der Waals surface area contributed by atoms with Crippen molar-refractivity contribution in [1.82, 2.24) is 14.3 Å². The Morgan fingerprint density at radius 2 is 2.18 bits per heavy atom. The van der Waals surface area contributed by atoms with Crippen molar-refractivity contribution in [3.63, 3.8) is 0 Å². The zero-order valence-corrected chi connectivity index (χ0v) is 10.3. The molecule has 88 valence electrons. The maximum atomic E-state index is 11.6. The number of thioether (sulfide) groups is 1. The molecule has 0 bridgehead atoms. The van der Waals surface area contributed by atoms with E-state index in [-0.39, 0.29) is 10.8 Å². The van der Waals surface area contributed by atoms with Crippen molar-refractivity contribution in [2.45, 2.75) is 4.90 Å². The molecule has 2 heterocycles. The van der Waals surface area contributed by atoms with Crippen molar-refractivity contribution >= 4 is 22.6 Å². The van der Waals surface area contributed by atoms with Crippen molar-refractivity contribution in [2.75, 3.05) is 14.1 Å². The van der Waals surface area contributed by atoms with Crippen LogP contribution in [0.25, 0.3) is 5.65 Å². The summed E-state index contributed by atoms with van der Waals surface area (Å²) in [5.74, 6) is 0. The second kappa shape index (κ2) is 4.58. The van der Waals surface area contributed by atoms with E-state index in [1.807, 2.05) is 0 Å². The van der Waals surface area contributed by atoms with E-state index in [1.165, 1.54) is 21.6 Å². The first-order valence-electron chi connectivity index (χ1n) is 4.95. The Kier molecular flexibility index (Phi) is 3.14. The normalized spacial score (nSPS) is 10.5. The summed E-state index contributed by atoms with van der Waals surface area (Å²) in [5.41, 5.74) is 0.343. The maximum absolute atomic E-state index is 11.6. The van der Waals surface area contributed by atoms with Crippen molar-refractivity contribution in [2.24, 2.45) is 0 Å². The lowest BCUT2D eigenvalue weighted by Crippen LogP contribution is -2.17. The fourth-order valence-electron chi connectivity index (χ4n) is 1.30. The highest BCUT2D eigenvalue weighted by molar-refractivity contribution is 8.13. The molecular formula is C11H11N3O2S. The Labute approximate surface area is 102 Å². The standard InChI is InChI=1S/C11H11N3O2S/c1-13(2)11(16)17-8-4-3-7-14-9(15)5-6-12-10(8)14/h3-7H,1-2H3. The summed E-state index contributed by atoms with van der Waals surface area (Å²) in [6.45, 7) is 0. The Morgan fingerprint density at radius 3 is 2.88 bits per heavy atom. The lowest BCUT2D eigenvalue weighted by atomic mass is 10.4. The minimum absolute atomic E-state index is 0.101. The highest BCUT2D eigenvalue weighted by Gasteiger charge is 2.10. The quantitative estimate of drug-likeness (QED) is 0.718. The zero-order chi connectivity index (χ0) is 12.4. The molecule has 0 spiro atoms. The zero-order valence-electron chi connectivity index (χ0n) is 9.45. The van der Waals surface area contributed by atoms with Crippen LogP contribution in [0.4, 0.5) is 4.79 Å². The monoisotopic (exact) mass is 249 g/mol. The molecule has 0 unspecified atom stereocenters. The Balaban J connectivity index is 2.52. The molecule has 5 nitrogen and oxygen atoms in total. The van der Waals surface area contributed by atoms with Crippen molar-refractivity contribution < 1.29 is 4.79 Å². The van der Waals surface area contributed by atoms with E-state index in [9.17, 15) is 9.59 Å². The molecule has 6 heteroatoms. The largest absolute Gasteiger partial charge is 0.339 e. The Bertz CT molecular complexity index is 621. The van der Waals surface area contributed by atoms with Crippen LogP contribution >= 0.6 is 11.8 Å². The van der Waals surface area contributed by atoms with Gasteiger partial charge in [-0.3, -0.25) is 14.0 Å². The third-order valence-electron chi connectivity index (χ3n) is 2.15. The van der Waals surface area contributed by atoms with E-state index in [0.29, 0.717) is 10.5 Å². The molecule has 0 aliphatic rings. The number of aromatic nitrogens is 2. The fourth-order valence-corrected chi connectivity index (χ4v) is 2.06. The van der Waals surface area contributed by atoms with Crippen LogP contribution in [0.5, 0.6) is 0 Å². The van der Waals surface area contributed by atoms with Gasteiger partial charge in [0.1, 0.15) is 0 Å². The minimum Gasteiger partial charge on any atom is -0.339 e. The highest BCUT2D eigenvalue weighted by Crippen LogP contribution is 2.23. The van der Waals surface area contributed by atoms with Crippen LogP contribution in [-0.4, -0.2) is 33.6 Å². The van der Waals surface area contributed by atoms with Crippen LogP contribution < -0.4 is 5.56 Å². The van der Waals surface area contributed by atoms with Gasteiger partial charge in [0.2, 0.25) is 0 Å². The number of nitrogens with zero attached hydrogens (tertiary/aromatic N) is 3. The van der Waals surface area contributed by atoms with Gasteiger partial charge in [-0.15, -0.1) is 0 Å². The summed E-state index contributed by atoms with van der Waals surface area (Å²) in [6, 6.07) is 4.88. The lowest BCUT2D eigenvalue weighted by Gasteiger charge is -2.10. The minimum atomic E-state index is -0.158. The number of hydrogen-bond acceptors (Lipinski definition) is 4. The maximum Gasteiger partial charge on any atom is 0.286 e. The predicted molar refractivity (Wildman–Crippen MR) is 66.4 cm³/mol. The molecule has 17 heavy (non-hydrogen) atoms. The molecule has 0 fully saturated rings. The number of pyridine rings is 1. The highest BCUT2D eigenvalue weighted by atomic mass is 32.2. The van der Waals surface area contributed by atoms with E-state index < -0.39 is 0 Å². The Morgan fingerprint density at radius 1 is 1.41 bits per heavy atom. The molecule has 0 aromatic carbocycles. The van der Waals surface area contributed by atoms with Gasteiger partial charge < -0.3 is 4.90 Å². The third-order valence-corrected chi connectivity index (χ3v) is 3.22. The Hall–Kier alpha value is -1.82. The van der Waals surface area contributed by atoms with Gasteiger partial charge in [-0.1, -0.05) is 0 Å². The molecular weight excluding hydrogens is 238 g/mol. The second-order valence-electron chi connectivity index (χ2n) is 3.61. The smallest absolute Gasteiger partial charge is 0.286 e. The fraction of sp³-hybridized carbons (Fsp3) is 0.182. The van der Waals surface area contributed by atoms with Crippen LogP contribution in [0.1, 0.15) is 0 Å². The number of amides is 1. The number of fused-ring (bicyclic) bond motifs is 1. The van der Waals surface area contributed by atoms with Crippen molar-refractivity contribution in [1.29, 1.82) is 0 Å². The van der Waals surface area contributed by atoms with Crippen LogP contribution in [0.15, 0.2) is 40.3 Å². The summed E-state index contributed by atoms with van der Waals surface area (Å²) >= 11 is 1.05. The van der Waals surface area contributed by atoms with Gasteiger partial charge in [-0.2, -0.15) is 0 Å². The van der Waals surface area contributed by atoms with Gasteiger partial charge in [-0.05, 0) is 23.9 Å². The first kappa shape index (κ1) is 11.7. The number of rotatable bonds is 1. The third kappa shape index (κ3) is 2.31. The molecule has 2 rings (SSSR count). The van der Waals surface area contributed by atoms with Crippen molar-refractivity contribution in [3.8, 4) is 0 Å². The predicted octanol–water partition coefficient (Wildman–Crippen LogP) is 1.47. The number of hydrogen-bond donors (Lipinski definition) is 0. The van der Waals surface area contributed by atoms with E-state index in [2.05, 4.69) is 4.98 Å². The summed E-state index contributed by atoms with van der Waals surface area (Å²) in [7, 11) is 3.36. The van der Waals surface area contributed by atoms with E-state index >= 15 is 0 Å². The van der Waals surface area contributed by atoms with E-state index in [0.717, 1.165) is 11.8 Å². The van der Waals surface area contributed by atoms with Crippen LogP contribution in [0.3, 0.4) is 0 Å². The summed E-state index contributed by atoms with van der Waals surface area (Å²) < 4.78 is 1.42. The summed E-state index contributed by atoms with van der Waals surface area (Å²) in [5, 5.41) is -0.101. The van der Waals surface area contributed by atoms with Crippen molar-refractivity contribution in [3.05, 3.63) is 40.9 Å². The first-order valence-corrected chi connectivity index (χ1v) is 5.77. The lowest BCUT2D eigenvalue weighted by molar-refractivity contribution is 0.241. The SMILES string of the molecule is CN(C)C(=O)Sc1cccn2c(=O)ccnc12. The molecule has 0 radical (unpaired) electrons. The molecule has 2 aromatic heterocycles. The first-order chi connectivity index (χ1) is 8.09. The molecule has 0 aliphatic carbocycles. The molecule has 0 atom stereocenters. The molecule has 2 aromatic rings. The molecule has 1 amide bonds. The second-order valence-corrected chi connectivity index (χ2v) is 4.60. The average Bonchev–Trinajstić information content (AvgIpc) is 2.30. The molecule has 0 saturated carbocycles. The van der Waals surface area contributed by atoms with E-state index in [1.54, 1.807) is 32.4 Å². The van der Waals surface area contributed by atoms with Gasteiger partial charge in [0.05, 0.1) is 4.90 Å². The number of carbonyl (C=O) groups excluding carboxylic acids is 1. The number of carbonyl (C=O) groups is 1. The van der Waals surface area contributed by atoms with Gasteiger partial charge >= 0.3 is 0 Å². The molecule has 0 aliphatic heterocycles. The molecule has 0 N–H and O–H groups in total. The van der Waals surface area contributed by atoms with Crippen LogP contribution in [0.2, 0.25) is 0 Å². The van der Waals surface area contributed by atoms with Crippen LogP contribution in [0, 0.1) is 0 Å². The topological polar surface area (TPSA) is 54.7 Å². The van der Waals surface area contributed by atoms with Gasteiger partial charge in [0, 0.05) is 32.6 Å². The average molecular weight is 249 g/mol. The van der Waals surface area contributed by atoms with Crippen LogP contribution in [-0.2, 0) is 0 Å². The summed E-state index contributed by atoms with van der Waals surface area (Å²) in [6.07, 6.45) is 3.08. The van der Waals surface area contributed by atoms with Gasteiger partial charge in [0.25, 0.3) is 10.8 Å². The summed E-state index contributed by atoms with van der Waals surface area (Å²) in [4.78, 5) is 29.5. The molecule has 0 saturated heterocycles.